The van der Waals surface area contributed by atoms with Gasteiger partial charge in [-0.1, -0.05) is 24.3 Å². The van der Waals surface area contributed by atoms with Crippen LogP contribution in [0.1, 0.15) is 11.1 Å². The zero-order valence-corrected chi connectivity index (χ0v) is 15.6. The molecule has 0 aliphatic rings. The first-order valence-electron chi connectivity index (χ1n) is 6.76. The van der Waals surface area contributed by atoms with Gasteiger partial charge in [0.1, 0.15) is 17.2 Å². The summed E-state index contributed by atoms with van der Waals surface area (Å²) in [5.41, 5.74) is 2.17. The van der Waals surface area contributed by atoms with Crippen LogP contribution in [-0.4, -0.2) is 34.5 Å². The largest absolute Gasteiger partial charge is 0.508 e. The molecular weight excluding hydrogens is 390 g/mol. The zero-order chi connectivity index (χ0) is 20.5. The van der Waals surface area contributed by atoms with E-state index in [2.05, 4.69) is 0 Å². The second-order valence-corrected chi connectivity index (χ2v) is 6.90. The Hall–Kier alpha value is -1.74. The summed E-state index contributed by atoms with van der Waals surface area (Å²) >= 11 is 0. The van der Waals surface area contributed by atoms with Crippen LogP contribution in [0.4, 0.5) is 0 Å². The van der Waals surface area contributed by atoms with Crippen LogP contribution in [0.3, 0.4) is 0 Å². The fraction of sp³-hybridized carbons (Fsp3) is 0.143. The van der Waals surface area contributed by atoms with Crippen molar-refractivity contribution in [2.45, 2.75) is 13.8 Å². The summed E-state index contributed by atoms with van der Waals surface area (Å²) in [7, 11) is -9.28. The molecule has 7 N–H and O–H groups in total. The zero-order valence-electron chi connectivity index (χ0n) is 13.8. The highest BCUT2D eigenvalue weighted by Crippen LogP contribution is 2.30. The molecule has 0 saturated carbocycles. The van der Waals surface area contributed by atoms with Crippen LogP contribution in [-0.2, 0) is 9.13 Å². The SMILES string of the molecule is Cc1cccc(C)c1Oc1cccc(O)c1.O=P(O)(O)O.O=P(O)(O)O. The Labute approximate surface area is 149 Å². The summed E-state index contributed by atoms with van der Waals surface area (Å²) in [4.78, 5) is 43.1. The molecular formula is C14H20O10P2. The number of aryl methyl sites for hydroxylation is 2. The van der Waals surface area contributed by atoms with Crippen molar-refractivity contribution in [2.75, 3.05) is 0 Å². The minimum absolute atomic E-state index is 0.212. The van der Waals surface area contributed by atoms with E-state index in [-0.39, 0.29) is 5.75 Å². The van der Waals surface area contributed by atoms with Gasteiger partial charge in [-0.3, -0.25) is 0 Å². The second-order valence-electron chi connectivity index (χ2n) is 4.85. The van der Waals surface area contributed by atoms with Crippen molar-refractivity contribution < 1.29 is 48.3 Å². The average molecular weight is 410 g/mol. The molecule has 10 nitrogen and oxygen atoms in total. The van der Waals surface area contributed by atoms with E-state index in [4.69, 9.17) is 43.2 Å². The molecule has 0 amide bonds. The van der Waals surface area contributed by atoms with Gasteiger partial charge in [-0.05, 0) is 37.1 Å². The fourth-order valence-corrected chi connectivity index (χ4v) is 1.63. The summed E-state index contributed by atoms with van der Waals surface area (Å²) in [6.45, 7) is 4.01. The molecule has 0 radical (unpaired) electrons. The van der Waals surface area contributed by atoms with Gasteiger partial charge in [0.15, 0.2) is 0 Å². The smallest absolute Gasteiger partial charge is 0.466 e. The maximum absolute atomic E-state index is 9.35. The highest BCUT2D eigenvalue weighted by molar-refractivity contribution is 7.45. The number of ether oxygens (including phenoxy) is 1. The predicted molar refractivity (Wildman–Crippen MR) is 92.6 cm³/mol. The van der Waals surface area contributed by atoms with E-state index in [9.17, 15) is 5.11 Å². The normalized spacial score (nSPS) is 10.8. The van der Waals surface area contributed by atoms with E-state index < -0.39 is 15.6 Å². The van der Waals surface area contributed by atoms with Crippen molar-refractivity contribution in [3.63, 3.8) is 0 Å². The number of phenols is 1. The molecule has 2 aromatic carbocycles. The molecule has 0 spiro atoms. The Kier molecular flexibility index (Phi) is 9.72. The van der Waals surface area contributed by atoms with Crippen LogP contribution in [0.2, 0.25) is 0 Å². The van der Waals surface area contributed by atoms with Gasteiger partial charge in [0.05, 0.1) is 0 Å². The number of benzene rings is 2. The molecule has 12 heteroatoms. The third kappa shape index (κ3) is 14.6. The first-order valence-corrected chi connectivity index (χ1v) is 9.89. The molecule has 0 unspecified atom stereocenters. The highest BCUT2D eigenvalue weighted by Gasteiger charge is 2.05. The fourth-order valence-electron chi connectivity index (χ4n) is 1.63. The van der Waals surface area contributed by atoms with Crippen LogP contribution in [0, 0.1) is 13.8 Å². The van der Waals surface area contributed by atoms with Gasteiger partial charge in [0.2, 0.25) is 0 Å². The Bertz CT molecular complexity index is 739. The molecule has 2 rings (SSSR count). The van der Waals surface area contributed by atoms with E-state index >= 15 is 0 Å². The van der Waals surface area contributed by atoms with Gasteiger partial charge in [-0.15, -0.1) is 0 Å². The summed E-state index contributed by atoms with van der Waals surface area (Å²) in [6, 6.07) is 12.8. The van der Waals surface area contributed by atoms with E-state index in [1.165, 1.54) is 0 Å². The number of phenolic OH excluding ortho intramolecular Hbond substituents is 1. The van der Waals surface area contributed by atoms with E-state index in [1.807, 2.05) is 38.1 Å². The lowest BCUT2D eigenvalue weighted by molar-refractivity contribution is 0.272. The van der Waals surface area contributed by atoms with Crippen molar-refractivity contribution in [2.24, 2.45) is 0 Å². The quantitative estimate of drug-likeness (QED) is 0.361. The number of rotatable bonds is 2. The van der Waals surface area contributed by atoms with Crippen molar-refractivity contribution >= 4 is 15.6 Å². The van der Waals surface area contributed by atoms with Crippen molar-refractivity contribution in [3.8, 4) is 17.2 Å². The van der Waals surface area contributed by atoms with Crippen LogP contribution in [0.15, 0.2) is 42.5 Å². The predicted octanol–water partition coefficient (Wildman–Crippen LogP) is 1.94. The molecule has 0 bridgehead atoms. The van der Waals surface area contributed by atoms with Crippen molar-refractivity contribution in [1.29, 1.82) is 0 Å². The average Bonchev–Trinajstić information content (AvgIpc) is 2.39. The van der Waals surface area contributed by atoms with Crippen LogP contribution >= 0.6 is 15.6 Å². The highest BCUT2D eigenvalue weighted by atomic mass is 31.2. The Morgan fingerprint density at radius 3 is 1.54 bits per heavy atom. The minimum Gasteiger partial charge on any atom is -0.508 e. The number of aromatic hydroxyl groups is 1. The monoisotopic (exact) mass is 410 g/mol. The molecule has 0 aliphatic carbocycles. The van der Waals surface area contributed by atoms with Crippen LogP contribution < -0.4 is 4.74 Å². The van der Waals surface area contributed by atoms with Crippen molar-refractivity contribution in [1.82, 2.24) is 0 Å². The van der Waals surface area contributed by atoms with Gasteiger partial charge < -0.3 is 39.2 Å². The number of hydrogen-bond acceptors (Lipinski definition) is 4. The third-order valence-electron chi connectivity index (χ3n) is 2.45. The maximum atomic E-state index is 9.35. The van der Waals surface area contributed by atoms with Crippen LogP contribution in [0.25, 0.3) is 0 Å². The number of para-hydroxylation sites is 1. The summed E-state index contributed by atoms with van der Waals surface area (Å²) in [5, 5.41) is 9.35. The summed E-state index contributed by atoms with van der Waals surface area (Å²) < 4.78 is 23.5. The Morgan fingerprint density at radius 2 is 1.15 bits per heavy atom. The lowest BCUT2D eigenvalue weighted by Crippen LogP contribution is -1.90. The molecule has 0 heterocycles. The second kappa shape index (κ2) is 10.4. The van der Waals surface area contributed by atoms with E-state index in [0.29, 0.717) is 5.75 Å². The Balaban J connectivity index is 0.000000520. The molecule has 0 saturated heterocycles. The molecule has 0 atom stereocenters. The standard InChI is InChI=1S/C14H14O2.2H3O4P/c1-10-5-3-6-11(2)14(10)16-13-8-4-7-12(15)9-13;2*1-5(2,3)4/h3-9,15H,1-2H3;2*(H3,1,2,3,4). The lowest BCUT2D eigenvalue weighted by atomic mass is 10.1. The lowest BCUT2D eigenvalue weighted by Gasteiger charge is -2.11. The molecule has 146 valence electrons. The molecule has 0 aromatic heterocycles. The molecule has 0 aliphatic heterocycles. The van der Waals surface area contributed by atoms with Gasteiger partial charge in [0, 0.05) is 6.07 Å². The number of hydrogen-bond donors (Lipinski definition) is 7. The van der Waals surface area contributed by atoms with Gasteiger partial charge in [-0.25, -0.2) is 9.13 Å². The maximum Gasteiger partial charge on any atom is 0.466 e. The van der Waals surface area contributed by atoms with E-state index in [0.717, 1.165) is 16.9 Å². The first kappa shape index (κ1) is 24.3. The van der Waals surface area contributed by atoms with Gasteiger partial charge >= 0.3 is 15.6 Å². The van der Waals surface area contributed by atoms with Crippen LogP contribution in [0.5, 0.6) is 17.2 Å². The number of phosphoric acid groups is 2. The summed E-state index contributed by atoms with van der Waals surface area (Å²) in [6.07, 6.45) is 0. The van der Waals surface area contributed by atoms with Crippen molar-refractivity contribution in [3.05, 3.63) is 53.6 Å². The van der Waals surface area contributed by atoms with Gasteiger partial charge in [-0.2, -0.15) is 0 Å². The topological polar surface area (TPSA) is 185 Å². The molecule has 0 fully saturated rings. The molecule has 26 heavy (non-hydrogen) atoms. The Morgan fingerprint density at radius 1 is 0.769 bits per heavy atom. The van der Waals surface area contributed by atoms with Gasteiger partial charge in [0.25, 0.3) is 0 Å². The summed E-state index contributed by atoms with van der Waals surface area (Å²) in [5.74, 6) is 1.72. The molecule has 2 aromatic rings. The third-order valence-corrected chi connectivity index (χ3v) is 2.45. The minimum atomic E-state index is -4.64. The van der Waals surface area contributed by atoms with E-state index in [1.54, 1.807) is 18.2 Å². The first-order chi connectivity index (χ1) is 11.7.